The predicted molar refractivity (Wildman–Crippen MR) is 119 cm³/mol. The van der Waals surface area contributed by atoms with Crippen LogP contribution in [0.5, 0.6) is 0 Å². The van der Waals surface area contributed by atoms with Crippen LogP contribution in [0.15, 0.2) is 24.8 Å². The van der Waals surface area contributed by atoms with Gasteiger partial charge in [0.05, 0.1) is 12.2 Å². The maximum atomic E-state index is 12.3. The third-order valence-corrected chi connectivity index (χ3v) is 6.02. The zero-order chi connectivity index (χ0) is 22.4. The number of hydrogen-bond donors (Lipinski definition) is 1. The molecule has 3 atom stereocenters. The number of rotatable bonds is 16. The molecule has 1 unspecified atom stereocenters. The monoisotopic (exact) mass is 420 g/mol. The van der Waals surface area contributed by atoms with Gasteiger partial charge in [-0.2, -0.15) is 0 Å². The normalized spacial score (nSPS) is 21.0. The van der Waals surface area contributed by atoms with Crippen molar-refractivity contribution in [1.29, 1.82) is 0 Å². The predicted octanol–water partition coefficient (Wildman–Crippen LogP) is 5.11. The van der Waals surface area contributed by atoms with E-state index in [2.05, 4.69) is 19.6 Å². The second-order valence-electron chi connectivity index (χ2n) is 8.42. The molecular formula is C25H40O5. The standard InChI is InChI=1S/C25H40O5/c1-4-7-18-25(29,5-2)19-12-13-20-16-17-22(26)21(20)14-10-8-9-11-15-23(27)24(28)30-6-3/h5,12-13,20-21,29H,2,4,6-11,14-19H2,1,3H3/t20-,21+,25?/m0/s1. The van der Waals surface area contributed by atoms with Crippen LogP contribution in [0.4, 0.5) is 0 Å². The first-order chi connectivity index (χ1) is 14.4. The van der Waals surface area contributed by atoms with Gasteiger partial charge in [-0.05, 0) is 44.9 Å². The molecule has 1 N–H and O–H groups in total. The maximum Gasteiger partial charge on any atom is 0.374 e. The molecule has 0 amide bonds. The fraction of sp³-hybridized carbons (Fsp3) is 0.720. The van der Waals surface area contributed by atoms with Crippen LogP contribution in [0.25, 0.3) is 0 Å². The molecule has 1 rings (SSSR count). The van der Waals surface area contributed by atoms with Gasteiger partial charge in [0.1, 0.15) is 5.78 Å². The van der Waals surface area contributed by atoms with E-state index in [1.54, 1.807) is 13.0 Å². The molecule has 0 spiro atoms. The van der Waals surface area contributed by atoms with E-state index in [1.165, 1.54) is 0 Å². The fourth-order valence-electron chi connectivity index (χ4n) is 4.07. The summed E-state index contributed by atoms with van der Waals surface area (Å²) in [5.41, 5.74) is -0.856. The lowest BCUT2D eigenvalue weighted by molar-refractivity contribution is -0.153. The van der Waals surface area contributed by atoms with Gasteiger partial charge in [0, 0.05) is 18.8 Å². The Morgan fingerprint density at radius 3 is 2.60 bits per heavy atom. The SMILES string of the molecule is C=CC(O)(CC=C[C@H]1CCC(=O)[C@@H]1CCCCCCC(=O)C(=O)OCC)CCCC. The molecule has 0 bridgehead atoms. The molecule has 0 aromatic heterocycles. The van der Waals surface area contributed by atoms with Gasteiger partial charge in [-0.25, -0.2) is 4.79 Å². The first-order valence-corrected chi connectivity index (χ1v) is 11.6. The third-order valence-electron chi connectivity index (χ3n) is 6.02. The van der Waals surface area contributed by atoms with E-state index in [4.69, 9.17) is 4.74 Å². The summed E-state index contributed by atoms with van der Waals surface area (Å²) in [5.74, 6) is -0.529. The Balaban J connectivity index is 2.35. The molecule has 0 heterocycles. The van der Waals surface area contributed by atoms with Crippen molar-refractivity contribution in [2.45, 2.75) is 96.5 Å². The van der Waals surface area contributed by atoms with E-state index < -0.39 is 17.4 Å². The van der Waals surface area contributed by atoms with Gasteiger partial charge < -0.3 is 9.84 Å². The van der Waals surface area contributed by atoms with Crippen molar-refractivity contribution in [2.24, 2.45) is 11.8 Å². The molecular weight excluding hydrogens is 380 g/mol. The number of esters is 1. The summed E-state index contributed by atoms with van der Waals surface area (Å²) < 4.78 is 4.70. The van der Waals surface area contributed by atoms with Crippen molar-refractivity contribution in [3.8, 4) is 0 Å². The number of carbonyl (C=O) groups is 3. The highest BCUT2D eigenvalue weighted by Crippen LogP contribution is 2.34. The van der Waals surface area contributed by atoms with Crippen molar-refractivity contribution >= 4 is 17.5 Å². The number of hydrogen-bond acceptors (Lipinski definition) is 5. The molecule has 0 saturated heterocycles. The van der Waals surface area contributed by atoms with Gasteiger partial charge in [-0.1, -0.05) is 57.3 Å². The van der Waals surface area contributed by atoms with E-state index in [0.29, 0.717) is 31.5 Å². The second-order valence-corrected chi connectivity index (χ2v) is 8.42. The zero-order valence-electron chi connectivity index (χ0n) is 18.9. The molecule has 170 valence electrons. The number of Topliss-reactive ketones (excluding diaryl/α,β-unsaturated/α-hetero) is 2. The molecule has 1 saturated carbocycles. The minimum atomic E-state index is -0.856. The fourth-order valence-corrected chi connectivity index (χ4v) is 4.07. The van der Waals surface area contributed by atoms with Crippen LogP contribution < -0.4 is 0 Å². The summed E-state index contributed by atoms with van der Waals surface area (Å²) >= 11 is 0. The second kappa shape index (κ2) is 14.3. The van der Waals surface area contributed by atoms with Crippen molar-refractivity contribution in [2.75, 3.05) is 6.61 Å². The average molecular weight is 421 g/mol. The van der Waals surface area contributed by atoms with Crippen LogP contribution >= 0.6 is 0 Å². The van der Waals surface area contributed by atoms with E-state index in [0.717, 1.165) is 44.9 Å². The smallest absolute Gasteiger partial charge is 0.374 e. The van der Waals surface area contributed by atoms with Gasteiger partial charge in [-0.15, -0.1) is 6.58 Å². The topological polar surface area (TPSA) is 80.7 Å². The van der Waals surface area contributed by atoms with Crippen LogP contribution in [0.3, 0.4) is 0 Å². The first-order valence-electron chi connectivity index (χ1n) is 11.6. The maximum absolute atomic E-state index is 12.3. The Bertz CT molecular complexity index is 594. The minimum Gasteiger partial charge on any atom is -0.460 e. The molecule has 1 fully saturated rings. The van der Waals surface area contributed by atoms with Gasteiger partial charge in [0.25, 0.3) is 0 Å². The third kappa shape index (κ3) is 9.38. The van der Waals surface area contributed by atoms with Crippen molar-refractivity contribution < 1.29 is 24.2 Å². The van der Waals surface area contributed by atoms with Gasteiger partial charge in [-0.3, -0.25) is 9.59 Å². The lowest BCUT2D eigenvalue weighted by Gasteiger charge is -2.23. The summed E-state index contributed by atoms with van der Waals surface area (Å²) in [6.07, 6.45) is 15.1. The summed E-state index contributed by atoms with van der Waals surface area (Å²) in [7, 11) is 0. The highest BCUT2D eigenvalue weighted by molar-refractivity contribution is 6.33. The van der Waals surface area contributed by atoms with Gasteiger partial charge >= 0.3 is 5.97 Å². The van der Waals surface area contributed by atoms with E-state index in [-0.39, 0.29) is 24.9 Å². The van der Waals surface area contributed by atoms with Crippen molar-refractivity contribution in [3.05, 3.63) is 24.8 Å². The molecule has 1 aliphatic rings. The van der Waals surface area contributed by atoms with E-state index >= 15 is 0 Å². The first kappa shape index (κ1) is 26.3. The van der Waals surface area contributed by atoms with Crippen LogP contribution in [-0.2, 0) is 19.1 Å². The largest absolute Gasteiger partial charge is 0.460 e. The lowest BCUT2D eigenvalue weighted by atomic mass is 9.88. The Kier molecular flexibility index (Phi) is 12.5. The summed E-state index contributed by atoms with van der Waals surface area (Å²) in [5, 5.41) is 10.6. The highest BCUT2D eigenvalue weighted by atomic mass is 16.5. The Morgan fingerprint density at radius 1 is 1.20 bits per heavy atom. The summed E-state index contributed by atoms with van der Waals surface area (Å²) in [4.78, 5) is 35.1. The van der Waals surface area contributed by atoms with Crippen LogP contribution in [0, 0.1) is 11.8 Å². The molecule has 0 aromatic carbocycles. The number of aliphatic hydroxyl groups is 1. The Labute approximate surface area is 182 Å². The van der Waals surface area contributed by atoms with Crippen molar-refractivity contribution in [1.82, 2.24) is 0 Å². The number of ether oxygens (including phenoxy) is 1. The highest BCUT2D eigenvalue weighted by Gasteiger charge is 2.32. The molecule has 0 radical (unpaired) electrons. The molecule has 0 aliphatic heterocycles. The Morgan fingerprint density at radius 2 is 1.93 bits per heavy atom. The minimum absolute atomic E-state index is 0.0647. The van der Waals surface area contributed by atoms with Crippen LogP contribution in [0.1, 0.15) is 90.9 Å². The van der Waals surface area contributed by atoms with Gasteiger partial charge in [0.2, 0.25) is 5.78 Å². The van der Waals surface area contributed by atoms with E-state index in [9.17, 15) is 19.5 Å². The molecule has 5 nitrogen and oxygen atoms in total. The lowest BCUT2D eigenvalue weighted by Crippen LogP contribution is -2.24. The summed E-state index contributed by atoms with van der Waals surface area (Å²) in [6, 6.07) is 0. The van der Waals surface area contributed by atoms with E-state index in [1.807, 2.05) is 6.08 Å². The number of allylic oxidation sites excluding steroid dienone is 1. The van der Waals surface area contributed by atoms with Gasteiger partial charge in [0.15, 0.2) is 0 Å². The Hall–Kier alpha value is -1.75. The quantitative estimate of drug-likeness (QED) is 0.162. The number of unbranched alkanes of at least 4 members (excludes halogenated alkanes) is 4. The zero-order valence-corrected chi connectivity index (χ0v) is 18.9. The molecule has 0 aromatic rings. The van der Waals surface area contributed by atoms with Crippen molar-refractivity contribution in [3.63, 3.8) is 0 Å². The molecule has 30 heavy (non-hydrogen) atoms. The number of ketones is 2. The van der Waals surface area contributed by atoms with Crippen LogP contribution in [0.2, 0.25) is 0 Å². The molecule has 5 heteroatoms. The molecule has 1 aliphatic carbocycles. The number of carbonyl (C=O) groups excluding carboxylic acids is 3. The average Bonchev–Trinajstić information content (AvgIpc) is 3.08. The van der Waals surface area contributed by atoms with Crippen LogP contribution in [-0.4, -0.2) is 34.9 Å². The summed E-state index contributed by atoms with van der Waals surface area (Å²) in [6.45, 7) is 7.78.